The molecule has 5 rings (SSSR count). The first-order valence-electron chi connectivity index (χ1n) is 10.9. The Kier molecular flexibility index (Phi) is 5.74. The van der Waals surface area contributed by atoms with Gasteiger partial charge in [-0.25, -0.2) is 4.98 Å². The number of rotatable bonds is 7. The third kappa shape index (κ3) is 4.36. The van der Waals surface area contributed by atoms with Gasteiger partial charge >= 0.3 is 0 Å². The lowest BCUT2D eigenvalue weighted by molar-refractivity contribution is 0.0982. The van der Waals surface area contributed by atoms with E-state index in [0.717, 1.165) is 22.1 Å². The van der Waals surface area contributed by atoms with E-state index in [1.165, 1.54) is 0 Å². The molecule has 3 aromatic carbocycles. The number of imidazole rings is 1. The van der Waals surface area contributed by atoms with Crippen LogP contribution in [-0.4, -0.2) is 33.8 Å². The summed E-state index contributed by atoms with van der Waals surface area (Å²) in [7, 11) is 1.62. The Bertz CT molecular complexity index is 1520. The number of aromatic amines is 1. The number of pyridine rings is 1. The number of Topliss-reactive ketones (excluding diaryl/α,β-unsaturated/α-hetero) is 1. The standard InChI is InChI=1S/C27H22N4O3/c1-34-20-9-4-6-17(14-20)12-13-24(32)21-10-5-11-22-25(21)30-27(29-22)31-26(33)23-15-18-7-2-3-8-19(18)16-28-23/h2-11,14-16H,12-13H2,1H3,(H2,29,30,31,33). The summed E-state index contributed by atoms with van der Waals surface area (Å²) < 4.78 is 5.25. The molecular formula is C27H22N4O3. The lowest BCUT2D eigenvalue weighted by atomic mass is 10.0. The fraction of sp³-hybridized carbons (Fsp3) is 0.111. The van der Waals surface area contributed by atoms with Crippen LogP contribution < -0.4 is 10.1 Å². The first-order valence-corrected chi connectivity index (χ1v) is 10.9. The summed E-state index contributed by atoms with van der Waals surface area (Å²) in [5.41, 5.74) is 3.03. The van der Waals surface area contributed by atoms with Crippen LogP contribution in [0.4, 0.5) is 5.95 Å². The average Bonchev–Trinajstić information content (AvgIpc) is 3.29. The van der Waals surface area contributed by atoms with Gasteiger partial charge in [0, 0.05) is 23.6 Å². The van der Waals surface area contributed by atoms with Crippen LogP contribution in [0.15, 0.2) is 79.0 Å². The maximum atomic E-state index is 13.0. The molecule has 0 aliphatic heterocycles. The Labute approximate surface area is 195 Å². The summed E-state index contributed by atoms with van der Waals surface area (Å²) in [6.45, 7) is 0. The van der Waals surface area contributed by atoms with E-state index in [0.29, 0.717) is 29.4 Å². The van der Waals surface area contributed by atoms with E-state index >= 15 is 0 Å². The number of ether oxygens (including phenoxy) is 1. The van der Waals surface area contributed by atoms with Crippen LogP contribution in [0.2, 0.25) is 0 Å². The number of carbonyl (C=O) groups is 2. The summed E-state index contributed by atoms with van der Waals surface area (Å²) in [6.07, 6.45) is 2.60. The number of methoxy groups -OCH3 is 1. The number of para-hydroxylation sites is 1. The summed E-state index contributed by atoms with van der Waals surface area (Å²) in [4.78, 5) is 37.6. The average molecular weight is 450 g/mol. The second-order valence-electron chi connectivity index (χ2n) is 7.93. The van der Waals surface area contributed by atoms with Gasteiger partial charge in [0.05, 0.1) is 12.6 Å². The lowest BCUT2D eigenvalue weighted by Crippen LogP contribution is -2.14. The van der Waals surface area contributed by atoms with Crippen LogP contribution in [0, 0.1) is 0 Å². The molecule has 7 heteroatoms. The number of aromatic nitrogens is 3. The van der Waals surface area contributed by atoms with Crippen molar-refractivity contribution in [2.24, 2.45) is 0 Å². The molecule has 2 N–H and O–H groups in total. The molecule has 168 valence electrons. The molecule has 0 unspecified atom stereocenters. The van der Waals surface area contributed by atoms with Crippen LogP contribution in [-0.2, 0) is 6.42 Å². The molecule has 0 saturated carbocycles. The number of fused-ring (bicyclic) bond motifs is 2. The Morgan fingerprint density at radius 1 is 0.971 bits per heavy atom. The van der Waals surface area contributed by atoms with Crippen LogP contribution in [0.25, 0.3) is 21.8 Å². The molecule has 0 aliphatic carbocycles. The van der Waals surface area contributed by atoms with Crippen LogP contribution in [0.3, 0.4) is 0 Å². The number of hydrogen-bond acceptors (Lipinski definition) is 5. The number of carbonyl (C=O) groups excluding carboxylic acids is 2. The normalized spacial score (nSPS) is 11.0. The Hall–Kier alpha value is -4.52. The number of amides is 1. The smallest absolute Gasteiger partial charge is 0.276 e. The number of H-pyrrole nitrogens is 1. The Balaban J connectivity index is 1.34. The number of nitrogens with one attached hydrogen (secondary N) is 2. The molecule has 0 spiro atoms. The zero-order valence-electron chi connectivity index (χ0n) is 18.5. The quantitative estimate of drug-likeness (QED) is 0.333. The zero-order valence-corrected chi connectivity index (χ0v) is 18.5. The monoisotopic (exact) mass is 450 g/mol. The SMILES string of the molecule is COc1cccc(CCC(=O)c2cccc3[nH]c(NC(=O)c4cc5ccccc5cn4)nc23)c1. The van der Waals surface area contributed by atoms with Gasteiger partial charge in [-0.15, -0.1) is 0 Å². The second kappa shape index (κ2) is 9.15. The fourth-order valence-electron chi connectivity index (χ4n) is 3.92. The van der Waals surface area contributed by atoms with E-state index in [9.17, 15) is 9.59 Å². The molecule has 0 aliphatic rings. The highest BCUT2D eigenvalue weighted by Crippen LogP contribution is 2.22. The maximum Gasteiger partial charge on any atom is 0.276 e. The molecular weight excluding hydrogens is 428 g/mol. The molecule has 0 bridgehead atoms. The van der Waals surface area contributed by atoms with E-state index in [1.807, 2.05) is 54.6 Å². The maximum absolute atomic E-state index is 13.0. The van der Waals surface area contributed by atoms with Crippen molar-refractivity contribution >= 4 is 39.4 Å². The fourth-order valence-corrected chi connectivity index (χ4v) is 3.92. The Morgan fingerprint density at radius 3 is 2.65 bits per heavy atom. The molecule has 0 radical (unpaired) electrons. The number of hydrogen-bond donors (Lipinski definition) is 2. The first-order chi connectivity index (χ1) is 16.6. The van der Waals surface area contributed by atoms with Crippen molar-refractivity contribution in [2.45, 2.75) is 12.8 Å². The summed E-state index contributed by atoms with van der Waals surface area (Å²) in [6, 6.07) is 22.5. The third-order valence-electron chi connectivity index (χ3n) is 5.68. The number of benzene rings is 3. The predicted molar refractivity (Wildman–Crippen MR) is 131 cm³/mol. The van der Waals surface area contributed by atoms with Gasteiger partial charge in [-0.1, -0.05) is 42.5 Å². The molecule has 2 heterocycles. The summed E-state index contributed by atoms with van der Waals surface area (Å²) >= 11 is 0. The highest BCUT2D eigenvalue weighted by molar-refractivity contribution is 6.08. The molecule has 1 amide bonds. The van der Waals surface area contributed by atoms with E-state index in [2.05, 4.69) is 20.3 Å². The number of anilines is 1. The van der Waals surface area contributed by atoms with Crippen molar-refractivity contribution < 1.29 is 14.3 Å². The van der Waals surface area contributed by atoms with Crippen LogP contribution in [0.1, 0.15) is 32.8 Å². The zero-order chi connectivity index (χ0) is 23.5. The third-order valence-corrected chi connectivity index (χ3v) is 5.68. The largest absolute Gasteiger partial charge is 0.497 e. The van der Waals surface area contributed by atoms with Gasteiger partial charge < -0.3 is 9.72 Å². The van der Waals surface area contributed by atoms with Crippen molar-refractivity contribution in [3.05, 3.63) is 95.8 Å². The highest BCUT2D eigenvalue weighted by Gasteiger charge is 2.16. The molecule has 0 atom stereocenters. The number of ketones is 1. The van der Waals surface area contributed by atoms with Gasteiger partial charge in [0.1, 0.15) is 17.0 Å². The van der Waals surface area contributed by atoms with E-state index < -0.39 is 0 Å². The van der Waals surface area contributed by atoms with E-state index in [1.54, 1.807) is 31.5 Å². The minimum atomic E-state index is -0.379. The summed E-state index contributed by atoms with van der Waals surface area (Å²) in [5.74, 6) is 0.633. The number of aryl methyl sites for hydroxylation is 1. The first kappa shape index (κ1) is 21.3. The summed E-state index contributed by atoms with van der Waals surface area (Å²) in [5, 5.41) is 4.64. The van der Waals surface area contributed by atoms with E-state index in [4.69, 9.17) is 4.74 Å². The van der Waals surface area contributed by atoms with E-state index in [-0.39, 0.29) is 23.3 Å². The minimum absolute atomic E-state index is 0.0195. The van der Waals surface area contributed by atoms with Gasteiger partial charge in [-0.05, 0) is 47.7 Å². The molecule has 34 heavy (non-hydrogen) atoms. The topological polar surface area (TPSA) is 97.0 Å². The lowest BCUT2D eigenvalue weighted by Gasteiger charge is -2.05. The van der Waals surface area contributed by atoms with Crippen molar-refractivity contribution in [1.29, 1.82) is 0 Å². The van der Waals surface area contributed by atoms with Gasteiger partial charge in [-0.3, -0.25) is 19.9 Å². The molecule has 0 saturated heterocycles. The van der Waals surface area contributed by atoms with Crippen LogP contribution in [0.5, 0.6) is 5.75 Å². The van der Waals surface area contributed by atoms with Gasteiger partial charge in [0.15, 0.2) is 5.78 Å². The molecule has 7 nitrogen and oxygen atoms in total. The second-order valence-corrected chi connectivity index (χ2v) is 7.93. The number of nitrogens with zero attached hydrogens (tertiary/aromatic N) is 2. The van der Waals surface area contributed by atoms with Crippen molar-refractivity contribution in [3.63, 3.8) is 0 Å². The van der Waals surface area contributed by atoms with Crippen LogP contribution >= 0.6 is 0 Å². The van der Waals surface area contributed by atoms with Gasteiger partial charge in [-0.2, -0.15) is 0 Å². The van der Waals surface area contributed by atoms with Crippen molar-refractivity contribution in [2.75, 3.05) is 12.4 Å². The minimum Gasteiger partial charge on any atom is -0.497 e. The Morgan fingerprint density at radius 2 is 1.79 bits per heavy atom. The van der Waals surface area contributed by atoms with Crippen molar-refractivity contribution in [3.8, 4) is 5.75 Å². The molecule has 0 fully saturated rings. The van der Waals surface area contributed by atoms with Crippen molar-refractivity contribution in [1.82, 2.24) is 15.0 Å². The van der Waals surface area contributed by atoms with Gasteiger partial charge in [0.25, 0.3) is 5.91 Å². The van der Waals surface area contributed by atoms with Gasteiger partial charge in [0.2, 0.25) is 5.95 Å². The predicted octanol–water partition coefficient (Wildman–Crippen LogP) is 5.19. The molecule has 2 aromatic heterocycles. The highest BCUT2D eigenvalue weighted by atomic mass is 16.5. The molecule has 5 aromatic rings.